The molecule has 0 aromatic heterocycles. The van der Waals surface area contributed by atoms with Gasteiger partial charge >= 0.3 is 0 Å². The first-order valence-corrected chi connectivity index (χ1v) is 8.30. The zero-order valence-electron chi connectivity index (χ0n) is 13.7. The number of aryl methyl sites for hydroxylation is 1. The summed E-state index contributed by atoms with van der Waals surface area (Å²) < 4.78 is 5.85. The normalized spacial score (nSPS) is 22.0. The SMILES string of the molecule is Cc1cc(C(N)C(C)C)cc2c1OCCC2NC(=O)C1CC1. The summed E-state index contributed by atoms with van der Waals surface area (Å²) in [5.41, 5.74) is 9.64. The Labute approximate surface area is 132 Å². The fraction of sp³-hybridized carbons (Fsp3) is 0.611. The van der Waals surface area contributed by atoms with E-state index in [4.69, 9.17) is 10.5 Å². The molecule has 0 saturated heterocycles. The van der Waals surface area contributed by atoms with Gasteiger partial charge < -0.3 is 15.8 Å². The van der Waals surface area contributed by atoms with Crippen LogP contribution in [0.1, 0.15) is 61.9 Å². The van der Waals surface area contributed by atoms with E-state index in [2.05, 4.69) is 38.2 Å². The Bertz CT molecular complexity index is 579. The first kappa shape index (κ1) is 15.3. The molecule has 2 aliphatic rings. The molecule has 1 heterocycles. The molecule has 1 aromatic rings. The van der Waals surface area contributed by atoms with E-state index in [1.54, 1.807) is 0 Å². The highest BCUT2D eigenvalue weighted by atomic mass is 16.5. The number of nitrogens with one attached hydrogen (secondary N) is 1. The second kappa shape index (κ2) is 5.92. The molecule has 1 fully saturated rings. The molecule has 1 saturated carbocycles. The Morgan fingerprint density at radius 3 is 2.68 bits per heavy atom. The zero-order valence-corrected chi connectivity index (χ0v) is 13.7. The lowest BCUT2D eigenvalue weighted by atomic mass is 9.89. The van der Waals surface area contributed by atoms with Crippen LogP contribution in [-0.4, -0.2) is 12.5 Å². The number of benzene rings is 1. The predicted octanol–water partition coefficient (Wildman–Crippen LogP) is 3.00. The van der Waals surface area contributed by atoms with E-state index in [-0.39, 0.29) is 23.9 Å². The Kier molecular flexibility index (Phi) is 4.13. The summed E-state index contributed by atoms with van der Waals surface area (Å²) in [6.07, 6.45) is 2.88. The fourth-order valence-electron chi connectivity index (χ4n) is 3.08. The van der Waals surface area contributed by atoms with Gasteiger partial charge in [0.25, 0.3) is 0 Å². The molecular weight excluding hydrogens is 276 g/mol. The maximum Gasteiger partial charge on any atom is 0.223 e. The highest BCUT2D eigenvalue weighted by Gasteiger charge is 2.33. The van der Waals surface area contributed by atoms with Gasteiger partial charge in [0.15, 0.2) is 0 Å². The van der Waals surface area contributed by atoms with Gasteiger partial charge in [0.05, 0.1) is 12.6 Å². The minimum atomic E-state index is 0.00529. The molecular formula is C18H26N2O2. The average Bonchev–Trinajstić information content (AvgIpc) is 3.31. The average molecular weight is 302 g/mol. The van der Waals surface area contributed by atoms with Crippen LogP contribution in [-0.2, 0) is 4.79 Å². The van der Waals surface area contributed by atoms with Crippen molar-refractivity contribution < 1.29 is 9.53 Å². The van der Waals surface area contributed by atoms with Gasteiger partial charge in [-0.2, -0.15) is 0 Å². The summed E-state index contributed by atoms with van der Waals surface area (Å²) in [6.45, 7) is 6.96. The largest absolute Gasteiger partial charge is 0.493 e. The highest BCUT2D eigenvalue weighted by Crippen LogP contribution is 2.38. The Morgan fingerprint density at radius 1 is 1.32 bits per heavy atom. The van der Waals surface area contributed by atoms with Crippen LogP contribution in [0.25, 0.3) is 0 Å². The van der Waals surface area contributed by atoms with Gasteiger partial charge in [-0.15, -0.1) is 0 Å². The van der Waals surface area contributed by atoms with E-state index < -0.39 is 0 Å². The van der Waals surface area contributed by atoms with E-state index in [1.165, 1.54) is 0 Å². The van der Waals surface area contributed by atoms with Crippen molar-refractivity contribution in [2.45, 2.75) is 52.1 Å². The molecule has 1 aliphatic carbocycles. The number of hydrogen-bond acceptors (Lipinski definition) is 3. The molecule has 120 valence electrons. The van der Waals surface area contributed by atoms with Crippen LogP contribution in [0.4, 0.5) is 0 Å². The van der Waals surface area contributed by atoms with Crippen LogP contribution >= 0.6 is 0 Å². The van der Waals surface area contributed by atoms with Crippen molar-refractivity contribution >= 4 is 5.91 Å². The second-order valence-corrected chi connectivity index (χ2v) is 7.00. The first-order valence-electron chi connectivity index (χ1n) is 8.30. The molecule has 2 unspecified atom stereocenters. The number of hydrogen-bond donors (Lipinski definition) is 2. The van der Waals surface area contributed by atoms with Crippen LogP contribution in [0.5, 0.6) is 5.75 Å². The van der Waals surface area contributed by atoms with Gasteiger partial charge in [0, 0.05) is 23.9 Å². The van der Waals surface area contributed by atoms with Crippen molar-refractivity contribution in [1.82, 2.24) is 5.32 Å². The molecule has 4 nitrogen and oxygen atoms in total. The number of ether oxygens (including phenoxy) is 1. The Balaban J connectivity index is 1.91. The number of nitrogens with two attached hydrogens (primary N) is 1. The molecule has 3 rings (SSSR count). The van der Waals surface area contributed by atoms with Crippen LogP contribution in [0.15, 0.2) is 12.1 Å². The molecule has 1 aliphatic heterocycles. The Morgan fingerprint density at radius 2 is 2.05 bits per heavy atom. The van der Waals surface area contributed by atoms with E-state index in [1.807, 2.05) is 0 Å². The standard InChI is InChI=1S/C18H26N2O2/c1-10(2)16(19)13-8-11(3)17-14(9-13)15(6-7-22-17)20-18(21)12-4-5-12/h8-10,12,15-16H,4-7,19H2,1-3H3,(H,20,21). The number of fused-ring (bicyclic) bond motifs is 1. The van der Waals surface area contributed by atoms with Crippen LogP contribution in [0.2, 0.25) is 0 Å². The monoisotopic (exact) mass is 302 g/mol. The number of carbonyl (C=O) groups is 1. The van der Waals surface area contributed by atoms with Gasteiger partial charge in [0.2, 0.25) is 5.91 Å². The molecule has 0 radical (unpaired) electrons. The summed E-state index contributed by atoms with van der Waals surface area (Å²) in [5, 5.41) is 3.20. The second-order valence-electron chi connectivity index (χ2n) is 7.00. The molecule has 2 atom stereocenters. The smallest absolute Gasteiger partial charge is 0.223 e. The molecule has 4 heteroatoms. The summed E-state index contributed by atoms with van der Waals surface area (Å²) in [4.78, 5) is 12.1. The van der Waals surface area contributed by atoms with Gasteiger partial charge in [0.1, 0.15) is 5.75 Å². The van der Waals surface area contributed by atoms with Gasteiger partial charge in [-0.1, -0.05) is 19.9 Å². The number of amides is 1. The highest BCUT2D eigenvalue weighted by molar-refractivity contribution is 5.81. The maximum atomic E-state index is 12.1. The molecule has 0 spiro atoms. The summed E-state index contributed by atoms with van der Waals surface area (Å²) in [6, 6.07) is 4.30. The van der Waals surface area contributed by atoms with Crippen LogP contribution in [0.3, 0.4) is 0 Å². The minimum absolute atomic E-state index is 0.00529. The van der Waals surface area contributed by atoms with E-state index in [0.29, 0.717) is 12.5 Å². The minimum Gasteiger partial charge on any atom is -0.493 e. The van der Waals surface area contributed by atoms with E-state index >= 15 is 0 Å². The molecule has 3 N–H and O–H groups in total. The van der Waals surface area contributed by atoms with Gasteiger partial charge in [-0.05, 0) is 42.9 Å². The van der Waals surface area contributed by atoms with Crippen molar-refractivity contribution in [3.8, 4) is 5.75 Å². The van der Waals surface area contributed by atoms with Crippen molar-refractivity contribution in [2.24, 2.45) is 17.6 Å². The topological polar surface area (TPSA) is 64.3 Å². The number of rotatable bonds is 4. The fourth-order valence-corrected chi connectivity index (χ4v) is 3.08. The Hall–Kier alpha value is -1.55. The molecule has 1 aromatic carbocycles. The van der Waals surface area contributed by atoms with Crippen molar-refractivity contribution in [3.63, 3.8) is 0 Å². The summed E-state index contributed by atoms with van der Waals surface area (Å²) in [5.74, 6) is 1.72. The van der Waals surface area contributed by atoms with Crippen LogP contribution in [0, 0.1) is 18.8 Å². The van der Waals surface area contributed by atoms with Gasteiger partial charge in [-0.25, -0.2) is 0 Å². The third-order valence-electron chi connectivity index (χ3n) is 4.72. The summed E-state index contributed by atoms with van der Waals surface area (Å²) >= 11 is 0. The quantitative estimate of drug-likeness (QED) is 0.898. The molecule has 0 bridgehead atoms. The van der Waals surface area contributed by atoms with E-state index in [9.17, 15) is 4.79 Å². The number of carbonyl (C=O) groups excluding carboxylic acids is 1. The van der Waals surface area contributed by atoms with Gasteiger partial charge in [-0.3, -0.25) is 4.79 Å². The third-order valence-corrected chi connectivity index (χ3v) is 4.72. The van der Waals surface area contributed by atoms with Crippen molar-refractivity contribution in [2.75, 3.05) is 6.61 Å². The van der Waals surface area contributed by atoms with Crippen LogP contribution < -0.4 is 15.8 Å². The van der Waals surface area contributed by atoms with Crippen molar-refractivity contribution in [1.29, 1.82) is 0 Å². The maximum absolute atomic E-state index is 12.1. The predicted molar refractivity (Wildman–Crippen MR) is 86.7 cm³/mol. The molecule has 22 heavy (non-hydrogen) atoms. The lowest BCUT2D eigenvalue weighted by Gasteiger charge is -2.30. The first-order chi connectivity index (χ1) is 10.5. The van der Waals surface area contributed by atoms with Crippen molar-refractivity contribution in [3.05, 3.63) is 28.8 Å². The van der Waals surface area contributed by atoms with E-state index in [0.717, 1.165) is 41.7 Å². The molecule has 1 amide bonds. The lowest BCUT2D eigenvalue weighted by Crippen LogP contribution is -2.33. The lowest BCUT2D eigenvalue weighted by molar-refractivity contribution is -0.123. The zero-order chi connectivity index (χ0) is 15.9. The summed E-state index contributed by atoms with van der Waals surface area (Å²) in [7, 11) is 0. The third kappa shape index (κ3) is 2.98.